The molecule has 1 heterocycles. The van der Waals surface area contributed by atoms with Crippen LogP contribution in [-0.2, 0) is 0 Å². The third kappa shape index (κ3) is 1.48. The molecule has 0 saturated carbocycles. The van der Waals surface area contributed by atoms with Gasteiger partial charge in [0.15, 0.2) is 0 Å². The molecule has 0 aliphatic rings. The van der Waals surface area contributed by atoms with Gasteiger partial charge in [0.1, 0.15) is 12.7 Å². The third-order valence-corrected chi connectivity index (χ3v) is 0.513. The molecule has 0 bridgehead atoms. The van der Waals surface area contributed by atoms with Crippen LogP contribution >= 0.6 is 0 Å². The van der Waals surface area contributed by atoms with Gasteiger partial charge in [-0.2, -0.15) is 0 Å². The molecule has 44 valence electrons. The van der Waals surface area contributed by atoms with E-state index in [1.807, 2.05) is 0 Å². The third-order valence-electron chi connectivity index (χ3n) is 0.513. The average molecular weight is 114 g/mol. The fraction of sp³-hybridized carbons (Fsp3) is 0. The molecule has 0 atom stereocenters. The zero-order valence-corrected chi connectivity index (χ0v) is 4.07. The fourth-order valence-corrected chi connectivity index (χ4v) is 0.248. The van der Waals surface area contributed by atoms with Crippen molar-refractivity contribution in [2.75, 3.05) is 5.73 Å². The van der Waals surface area contributed by atoms with Gasteiger partial charge in [-0.25, -0.2) is 15.0 Å². The molecule has 5 heteroatoms. The second kappa shape index (κ2) is 2.86. The Bertz CT molecular complexity index is 141. The van der Waals surface area contributed by atoms with Crippen LogP contribution in [0.25, 0.3) is 0 Å². The summed E-state index contributed by atoms with van der Waals surface area (Å²) in [4.78, 5) is 10.6. The monoisotopic (exact) mass is 114 g/mol. The first-order chi connectivity index (χ1) is 3.39. The van der Waals surface area contributed by atoms with E-state index in [4.69, 9.17) is 5.73 Å². The molecule has 0 aliphatic carbocycles. The van der Waals surface area contributed by atoms with Crippen molar-refractivity contribution < 1.29 is 5.48 Å². The maximum absolute atomic E-state index is 5.10. The Morgan fingerprint density at radius 2 is 1.75 bits per heavy atom. The van der Waals surface area contributed by atoms with Crippen LogP contribution in [-0.4, -0.2) is 20.4 Å². The standard InChI is InChI=1S/C3H4N4.H2O/c4-3-6-1-5-2-7-3;/h1-2H,(H2,4,5,6,7);1H2. The lowest BCUT2D eigenvalue weighted by molar-refractivity contribution is 0.824. The van der Waals surface area contributed by atoms with Crippen molar-refractivity contribution in [2.45, 2.75) is 0 Å². The minimum Gasteiger partial charge on any atom is -0.412 e. The molecule has 0 aromatic carbocycles. The number of nitrogens with two attached hydrogens (primary N) is 1. The van der Waals surface area contributed by atoms with Crippen molar-refractivity contribution >= 4 is 5.95 Å². The van der Waals surface area contributed by atoms with E-state index in [-0.39, 0.29) is 11.4 Å². The second-order valence-electron chi connectivity index (χ2n) is 0.996. The number of hydrogen-bond acceptors (Lipinski definition) is 4. The van der Waals surface area contributed by atoms with Crippen LogP contribution in [0.5, 0.6) is 0 Å². The summed E-state index contributed by atoms with van der Waals surface area (Å²) in [6.45, 7) is 0. The quantitative estimate of drug-likeness (QED) is 0.450. The Labute approximate surface area is 45.9 Å². The smallest absolute Gasteiger partial charge is 0.222 e. The van der Waals surface area contributed by atoms with E-state index >= 15 is 0 Å². The maximum atomic E-state index is 5.10. The first-order valence-corrected chi connectivity index (χ1v) is 1.77. The highest BCUT2D eigenvalue weighted by molar-refractivity contribution is 5.08. The van der Waals surface area contributed by atoms with Crippen LogP contribution in [0.3, 0.4) is 0 Å². The van der Waals surface area contributed by atoms with Gasteiger partial charge in [-0.05, 0) is 0 Å². The van der Waals surface area contributed by atoms with Crippen molar-refractivity contribution in [3.8, 4) is 0 Å². The van der Waals surface area contributed by atoms with Gasteiger partial charge in [-0.1, -0.05) is 0 Å². The average Bonchev–Trinajstić information content (AvgIpc) is 1.69. The van der Waals surface area contributed by atoms with E-state index in [0.717, 1.165) is 0 Å². The maximum Gasteiger partial charge on any atom is 0.222 e. The highest BCUT2D eigenvalue weighted by Gasteiger charge is 1.76. The number of nitrogens with zero attached hydrogens (tertiary/aromatic N) is 3. The molecule has 0 radical (unpaired) electrons. The van der Waals surface area contributed by atoms with Gasteiger partial charge in [0, 0.05) is 0 Å². The summed E-state index contributed by atoms with van der Waals surface area (Å²) in [5, 5.41) is 0. The SMILES string of the molecule is Nc1ncncn1.O. The van der Waals surface area contributed by atoms with Crippen molar-refractivity contribution in [3.05, 3.63) is 12.7 Å². The zero-order chi connectivity index (χ0) is 5.11. The number of anilines is 1. The topological polar surface area (TPSA) is 96.2 Å². The van der Waals surface area contributed by atoms with Gasteiger partial charge in [0.05, 0.1) is 0 Å². The summed E-state index contributed by atoms with van der Waals surface area (Å²) in [5.41, 5.74) is 5.10. The molecular weight excluding hydrogens is 108 g/mol. The van der Waals surface area contributed by atoms with Crippen LogP contribution in [0.4, 0.5) is 5.95 Å². The minimum atomic E-state index is 0. The predicted octanol–water partition coefficient (Wildman–Crippen LogP) is -1.37. The second-order valence-corrected chi connectivity index (χ2v) is 0.996. The van der Waals surface area contributed by atoms with Crippen molar-refractivity contribution in [2.24, 2.45) is 0 Å². The molecule has 1 aromatic rings. The first-order valence-electron chi connectivity index (χ1n) is 1.77. The minimum absolute atomic E-state index is 0. The molecule has 1 aromatic heterocycles. The Kier molecular flexibility index (Phi) is 2.42. The van der Waals surface area contributed by atoms with Gasteiger partial charge in [-0.3, -0.25) is 0 Å². The lowest BCUT2D eigenvalue weighted by Gasteiger charge is -1.81. The first kappa shape index (κ1) is 6.77. The van der Waals surface area contributed by atoms with E-state index in [1.54, 1.807) is 0 Å². The molecule has 8 heavy (non-hydrogen) atoms. The predicted molar refractivity (Wildman–Crippen MR) is 27.9 cm³/mol. The molecule has 1 rings (SSSR count). The van der Waals surface area contributed by atoms with Gasteiger partial charge < -0.3 is 11.2 Å². The number of aromatic nitrogens is 3. The van der Waals surface area contributed by atoms with E-state index in [1.165, 1.54) is 12.7 Å². The summed E-state index contributed by atoms with van der Waals surface area (Å²) in [5.74, 6) is 0.259. The van der Waals surface area contributed by atoms with Gasteiger partial charge in [0.2, 0.25) is 5.95 Å². The van der Waals surface area contributed by atoms with E-state index < -0.39 is 0 Å². The summed E-state index contributed by atoms with van der Waals surface area (Å²) < 4.78 is 0. The molecule has 0 fully saturated rings. The largest absolute Gasteiger partial charge is 0.412 e. The fourth-order valence-electron chi connectivity index (χ4n) is 0.248. The number of rotatable bonds is 0. The summed E-state index contributed by atoms with van der Waals surface area (Å²) >= 11 is 0. The summed E-state index contributed by atoms with van der Waals surface area (Å²) in [7, 11) is 0. The summed E-state index contributed by atoms with van der Waals surface area (Å²) in [6.07, 6.45) is 2.70. The Morgan fingerprint density at radius 3 is 2.00 bits per heavy atom. The van der Waals surface area contributed by atoms with E-state index in [9.17, 15) is 0 Å². The number of hydrogen-bond donors (Lipinski definition) is 1. The molecule has 0 saturated heterocycles. The lowest BCUT2D eigenvalue weighted by Crippen LogP contribution is -1.92. The zero-order valence-electron chi connectivity index (χ0n) is 4.07. The number of nitrogen functional groups attached to an aromatic ring is 1. The van der Waals surface area contributed by atoms with Crippen molar-refractivity contribution in [3.63, 3.8) is 0 Å². The molecule has 4 N–H and O–H groups in total. The van der Waals surface area contributed by atoms with E-state index in [2.05, 4.69) is 15.0 Å². The molecule has 0 spiro atoms. The van der Waals surface area contributed by atoms with Gasteiger partial charge >= 0.3 is 0 Å². The van der Waals surface area contributed by atoms with Crippen LogP contribution in [0, 0.1) is 0 Å². The normalized spacial score (nSPS) is 7.50. The van der Waals surface area contributed by atoms with Crippen LogP contribution in [0.15, 0.2) is 12.7 Å². The molecule has 5 nitrogen and oxygen atoms in total. The van der Waals surface area contributed by atoms with Gasteiger partial charge in [-0.15, -0.1) is 0 Å². The van der Waals surface area contributed by atoms with Gasteiger partial charge in [0.25, 0.3) is 0 Å². The van der Waals surface area contributed by atoms with Crippen LogP contribution < -0.4 is 5.73 Å². The molecule has 0 unspecified atom stereocenters. The van der Waals surface area contributed by atoms with E-state index in [0.29, 0.717) is 0 Å². The molecule has 0 aliphatic heterocycles. The Hall–Kier alpha value is -1.23. The molecular formula is C3H6N4O. The highest BCUT2D eigenvalue weighted by Crippen LogP contribution is 1.77. The lowest BCUT2D eigenvalue weighted by atomic mass is 11.0. The van der Waals surface area contributed by atoms with Crippen LogP contribution in [0.2, 0.25) is 0 Å². The van der Waals surface area contributed by atoms with Crippen molar-refractivity contribution in [1.29, 1.82) is 0 Å². The highest BCUT2D eigenvalue weighted by atomic mass is 16.0. The molecule has 0 amide bonds. The van der Waals surface area contributed by atoms with Crippen molar-refractivity contribution in [1.82, 2.24) is 15.0 Å². The Balaban J connectivity index is 0.000000490. The van der Waals surface area contributed by atoms with Crippen LogP contribution in [0.1, 0.15) is 0 Å². The Morgan fingerprint density at radius 1 is 1.25 bits per heavy atom. The summed E-state index contributed by atoms with van der Waals surface area (Å²) in [6, 6.07) is 0.